The molecule has 2 aliphatic heterocycles. The monoisotopic (exact) mass is 579 g/mol. The van der Waals surface area contributed by atoms with Gasteiger partial charge in [0.2, 0.25) is 5.60 Å². The number of ether oxygens (including phenoxy) is 2. The lowest BCUT2D eigenvalue weighted by molar-refractivity contribution is -0.191. The molecule has 38 heavy (non-hydrogen) atoms. The molecular formula is C29H30BrN3O5. The van der Waals surface area contributed by atoms with Crippen LogP contribution in [0.2, 0.25) is 0 Å². The zero-order valence-corrected chi connectivity index (χ0v) is 22.9. The normalized spacial score (nSPS) is 21.4. The van der Waals surface area contributed by atoms with E-state index in [9.17, 15) is 14.4 Å². The second-order valence-corrected chi connectivity index (χ2v) is 11.6. The molecule has 0 saturated heterocycles. The van der Waals surface area contributed by atoms with Gasteiger partial charge in [0.15, 0.2) is 0 Å². The van der Waals surface area contributed by atoms with Crippen molar-refractivity contribution in [2.45, 2.75) is 70.6 Å². The Balaban J connectivity index is 1.44. The number of esters is 2. The molecule has 1 unspecified atom stereocenters. The number of hydrogen-bond donors (Lipinski definition) is 1. The lowest BCUT2D eigenvalue weighted by Crippen LogP contribution is -2.48. The van der Waals surface area contributed by atoms with E-state index in [2.05, 4.69) is 15.9 Å². The average molecular weight is 580 g/mol. The molecular weight excluding hydrogens is 550 g/mol. The molecule has 1 aliphatic carbocycles. The first-order valence-corrected chi connectivity index (χ1v) is 14.0. The highest BCUT2D eigenvalue weighted by Crippen LogP contribution is 2.43. The van der Waals surface area contributed by atoms with Crippen LogP contribution in [0.5, 0.6) is 0 Å². The Morgan fingerprint density at radius 1 is 1.21 bits per heavy atom. The molecule has 1 aromatic carbocycles. The van der Waals surface area contributed by atoms with Crippen LogP contribution in [0.15, 0.2) is 39.6 Å². The average Bonchev–Trinajstić information content (AvgIpc) is 3.28. The summed E-state index contributed by atoms with van der Waals surface area (Å²) in [5.74, 6) is -1.14. The molecule has 3 aromatic rings. The minimum Gasteiger partial charge on any atom is -0.457 e. The van der Waals surface area contributed by atoms with E-state index in [1.54, 1.807) is 17.6 Å². The molecule has 2 N–H and O–H groups in total. The number of halogens is 1. The molecule has 0 amide bonds. The smallest absolute Gasteiger partial charge is 0.355 e. The van der Waals surface area contributed by atoms with Crippen molar-refractivity contribution in [2.75, 3.05) is 6.54 Å². The van der Waals surface area contributed by atoms with Gasteiger partial charge in [0.1, 0.15) is 6.61 Å². The van der Waals surface area contributed by atoms with Gasteiger partial charge in [0.25, 0.3) is 5.56 Å². The summed E-state index contributed by atoms with van der Waals surface area (Å²) in [6.45, 7) is 2.37. The van der Waals surface area contributed by atoms with Crippen molar-refractivity contribution in [1.29, 1.82) is 0 Å². The number of carbonyl (C=O) groups excluding carboxylic acids is 2. The molecule has 1 saturated carbocycles. The van der Waals surface area contributed by atoms with Crippen molar-refractivity contribution in [1.82, 2.24) is 9.55 Å². The van der Waals surface area contributed by atoms with Gasteiger partial charge in [-0.2, -0.15) is 0 Å². The Kier molecular flexibility index (Phi) is 6.18. The third kappa shape index (κ3) is 3.81. The Labute approximate surface area is 228 Å². The zero-order chi connectivity index (χ0) is 26.7. The van der Waals surface area contributed by atoms with Crippen molar-refractivity contribution in [3.05, 3.63) is 61.8 Å². The van der Waals surface area contributed by atoms with E-state index in [0.29, 0.717) is 35.6 Å². The topological polar surface area (TPSA) is 114 Å². The number of hydrogen-bond acceptors (Lipinski definition) is 7. The lowest BCUT2D eigenvalue weighted by Gasteiger charge is -2.39. The van der Waals surface area contributed by atoms with E-state index in [0.717, 1.165) is 53.0 Å². The predicted molar refractivity (Wildman–Crippen MR) is 145 cm³/mol. The largest absolute Gasteiger partial charge is 0.457 e. The van der Waals surface area contributed by atoms with Crippen LogP contribution in [0.4, 0.5) is 0 Å². The van der Waals surface area contributed by atoms with Gasteiger partial charge in [0.05, 0.1) is 35.4 Å². The summed E-state index contributed by atoms with van der Waals surface area (Å²) in [7, 11) is 0. The van der Waals surface area contributed by atoms with E-state index in [-0.39, 0.29) is 30.4 Å². The zero-order valence-electron chi connectivity index (χ0n) is 21.3. The standard InChI is InChI=1S/C29H30BrN3O5/c1-2-29(38-24(34)13-28(16-31)9-4-3-5-10-28)20-12-23-25-17(11-18-21(30)7-6-8-22(18)32-25)14-33(23)26(35)19(20)15-37-27(29)36/h6-8,11-12H,2-5,9-10,13-16,31H2,1H3. The third-order valence-corrected chi connectivity index (χ3v) is 9.31. The molecule has 8 nitrogen and oxygen atoms in total. The van der Waals surface area contributed by atoms with Gasteiger partial charge in [-0.3, -0.25) is 9.59 Å². The van der Waals surface area contributed by atoms with Gasteiger partial charge < -0.3 is 19.8 Å². The van der Waals surface area contributed by atoms with Crippen molar-refractivity contribution in [2.24, 2.45) is 11.1 Å². The minimum atomic E-state index is -1.69. The maximum atomic E-state index is 13.7. The number of pyridine rings is 2. The van der Waals surface area contributed by atoms with Gasteiger partial charge >= 0.3 is 11.9 Å². The van der Waals surface area contributed by atoms with Gasteiger partial charge in [-0.25, -0.2) is 9.78 Å². The summed E-state index contributed by atoms with van der Waals surface area (Å²) >= 11 is 3.59. The van der Waals surface area contributed by atoms with Crippen LogP contribution in [-0.2, 0) is 37.8 Å². The fourth-order valence-electron chi connectivity index (χ4n) is 6.42. The van der Waals surface area contributed by atoms with Crippen molar-refractivity contribution >= 4 is 38.8 Å². The van der Waals surface area contributed by atoms with Gasteiger partial charge in [0, 0.05) is 21.0 Å². The van der Waals surface area contributed by atoms with E-state index < -0.39 is 17.5 Å². The molecule has 1 fully saturated rings. The van der Waals surface area contributed by atoms with Crippen LogP contribution >= 0.6 is 15.9 Å². The van der Waals surface area contributed by atoms with Crippen LogP contribution in [0.3, 0.4) is 0 Å². The van der Waals surface area contributed by atoms with E-state index in [1.165, 1.54) is 0 Å². The summed E-state index contributed by atoms with van der Waals surface area (Å²) in [4.78, 5) is 45.3. The van der Waals surface area contributed by atoms with Crippen LogP contribution in [0.25, 0.3) is 22.3 Å². The summed E-state index contributed by atoms with van der Waals surface area (Å²) in [5, 5.41) is 0.962. The first-order chi connectivity index (χ1) is 18.3. The minimum absolute atomic E-state index is 0.142. The second-order valence-electron chi connectivity index (χ2n) is 10.8. The number of benzene rings is 1. The summed E-state index contributed by atoms with van der Waals surface area (Å²) in [6, 6.07) is 9.64. The number of fused-ring (bicyclic) bond motifs is 5. The highest BCUT2D eigenvalue weighted by atomic mass is 79.9. The van der Waals surface area contributed by atoms with Crippen molar-refractivity contribution < 1.29 is 19.1 Å². The van der Waals surface area contributed by atoms with Crippen LogP contribution < -0.4 is 11.3 Å². The predicted octanol–water partition coefficient (Wildman–Crippen LogP) is 4.69. The highest BCUT2D eigenvalue weighted by molar-refractivity contribution is 9.10. The fraction of sp³-hybridized carbons (Fsp3) is 0.448. The quantitative estimate of drug-likeness (QED) is 0.341. The molecule has 198 valence electrons. The highest BCUT2D eigenvalue weighted by Gasteiger charge is 2.51. The Morgan fingerprint density at radius 2 is 2.00 bits per heavy atom. The molecule has 2 aromatic heterocycles. The maximum Gasteiger partial charge on any atom is 0.355 e. The Hall–Kier alpha value is -3.04. The lowest BCUT2D eigenvalue weighted by atomic mass is 9.72. The number of carbonyl (C=O) groups is 2. The second kappa shape index (κ2) is 9.31. The van der Waals surface area contributed by atoms with E-state index in [4.69, 9.17) is 20.2 Å². The summed E-state index contributed by atoms with van der Waals surface area (Å²) in [5.41, 5.74) is 7.60. The number of nitrogens with two attached hydrogens (primary N) is 1. The van der Waals surface area contributed by atoms with E-state index in [1.807, 2.05) is 24.3 Å². The third-order valence-electron chi connectivity index (χ3n) is 8.62. The SMILES string of the molecule is CCC1(OC(=O)CC2(CN)CCCCC2)C(=O)OCc2c1cc1n(c2=O)Cc2cc3c(Br)cccc3nc2-1. The van der Waals surface area contributed by atoms with Crippen molar-refractivity contribution in [3.63, 3.8) is 0 Å². The molecule has 0 bridgehead atoms. The molecule has 0 spiro atoms. The first kappa shape index (κ1) is 25.2. The fourth-order valence-corrected chi connectivity index (χ4v) is 6.89. The van der Waals surface area contributed by atoms with Crippen molar-refractivity contribution in [3.8, 4) is 11.4 Å². The molecule has 3 aliphatic rings. The van der Waals surface area contributed by atoms with Crippen LogP contribution in [0.1, 0.15) is 68.6 Å². The summed E-state index contributed by atoms with van der Waals surface area (Å²) < 4.78 is 14.1. The number of nitrogens with zero attached hydrogens (tertiary/aromatic N) is 2. The number of rotatable bonds is 5. The number of aromatic nitrogens is 2. The van der Waals surface area contributed by atoms with E-state index >= 15 is 0 Å². The molecule has 4 heterocycles. The Bertz CT molecular complexity index is 1540. The molecule has 6 rings (SSSR count). The number of cyclic esters (lactones) is 1. The van der Waals surface area contributed by atoms with Gasteiger partial charge in [-0.1, -0.05) is 48.2 Å². The molecule has 0 radical (unpaired) electrons. The molecule has 9 heteroatoms. The first-order valence-electron chi connectivity index (χ1n) is 13.3. The van der Waals surface area contributed by atoms with Gasteiger partial charge in [-0.05, 0) is 55.5 Å². The van der Waals surface area contributed by atoms with Gasteiger partial charge in [-0.15, -0.1) is 0 Å². The van der Waals surface area contributed by atoms with Crippen LogP contribution in [0, 0.1) is 5.41 Å². The molecule has 1 atom stereocenters. The summed E-state index contributed by atoms with van der Waals surface area (Å²) in [6.07, 6.45) is 5.19. The Morgan fingerprint density at radius 3 is 2.74 bits per heavy atom. The van der Waals surface area contributed by atoms with Crippen LogP contribution in [-0.4, -0.2) is 28.0 Å². The maximum absolute atomic E-state index is 13.7.